The van der Waals surface area contributed by atoms with E-state index in [1.54, 1.807) is 6.26 Å². The van der Waals surface area contributed by atoms with Gasteiger partial charge in [-0.05, 0) is 42.8 Å². The van der Waals surface area contributed by atoms with Gasteiger partial charge in [0.05, 0.1) is 22.9 Å². The highest BCUT2D eigenvalue weighted by atomic mass is 32.2. The lowest BCUT2D eigenvalue weighted by Crippen LogP contribution is -2.22. The number of aliphatic imine (C=N–C) groups is 1. The lowest BCUT2D eigenvalue weighted by molar-refractivity contribution is -0.115. The standard InChI is InChI=1S/C17H17N3O2S2/c21-15-14(24-17(20-15)19-11-5-2-1-3-6-11)9-12-10-23-16(18-12)13-7-4-8-22-13/h4,7-11H,1-3,5-6H2,(H,19,20,21)/b14-9-. The molecule has 1 saturated heterocycles. The molecule has 2 aromatic rings. The number of nitrogens with zero attached hydrogens (tertiary/aromatic N) is 2. The van der Waals surface area contributed by atoms with Crippen molar-refractivity contribution >= 4 is 40.2 Å². The molecule has 1 amide bonds. The number of carbonyl (C=O) groups is 1. The summed E-state index contributed by atoms with van der Waals surface area (Å²) in [7, 11) is 0. The first-order valence-electron chi connectivity index (χ1n) is 8.06. The summed E-state index contributed by atoms with van der Waals surface area (Å²) in [5.41, 5.74) is 0.767. The van der Waals surface area contributed by atoms with Crippen LogP contribution in [0, 0.1) is 0 Å². The van der Waals surface area contributed by atoms with E-state index in [0.717, 1.165) is 34.5 Å². The monoisotopic (exact) mass is 359 g/mol. The number of amidine groups is 1. The van der Waals surface area contributed by atoms with Crippen LogP contribution < -0.4 is 5.32 Å². The van der Waals surface area contributed by atoms with E-state index in [1.807, 2.05) is 23.6 Å². The van der Waals surface area contributed by atoms with Crippen LogP contribution in [0.25, 0.3) is 16.8 Å². The van der Waals surface area contributed by atoms with Crippen LogP contribution in [0.4, 0.5) is 0 Å². The molecule has 0 atom stereocenters. The molecule has 0 aromatic carbocycles. The first-order valence-corrected chi connectivity index (χ1v) is 9.76. The fourth-order valence-electron chi connectivity index (χ4n) is 2.86. The Morgan fingerprint density at radius 2 is 2.21 bits per heavy atom. The van der Waals surface area contributed by atoms with Crippen molar-refractivity contribution in [2.75, 3.05) is 0 Å². The van der Waals surface area contributed by atoms with Gasteiger partial charge in [0.2, 0.25) is 0 Å². The van der Waals surface area contributed by atoms with Crippen LogP contribution in [0.5, 0.6) is 0 Å². The van der Waals surface area contributed by atoms with Crippen LogP contribution in [0.3, 0.4) is 0 Å². The topological polar surface area (TPSA) is 67.5 Å². The third-order valence-corrected chi connectivity index (χ3v) is 5.86. The van der Waals surface area contributed by atoms with Gasteiger partial charge in [0.15, 0.2) is 15.9 Å². The second-order valence-corrected chi connectivity index (χ2v) is 7.73. The molecule has 1 aliphatic carbocycles. The van der Waals surface area contributed by atoms with Crippen LogP contribution in [-0.2, 0) is 4.79 Å². The van der Waals surface area contributed by atoms with Crippen molar-refractivity contribution in [2.45, 2.75) is 38.1 Å². The third kappa shape index (κ3) is 3.47. The van der Waals surface area contributed by atoms with Gasteiger partial charge in [-0.1, -0.05) is 19.3 Å². The number of aromatic nitrogens is 1. The summed E-state index contributed by atoms with van der Waals surface area (Å²) in [5, 5.41) is 6.33. The lowest BCUT2D eigenvalue weighted by atomic mass is 9.96. The Hall–Kier alpha value is -1.86. The number of thioether (sulfide) groups is 1. The van der Waals surface area contributed by atoms with E-state index in [4.69, 9.17) is 9.41 Å². The number of carbonyl (C=O) groups excluding carboxylic acids is 1. The molecule has 1 saturated carbocycles. The van der Waals surface area contributed by atoms with Crippen LogP contribution in [0.15, 0.2) is 38.1 Å². The van der Waals surface area contributed by atoms with Crippen LogP contribution >= 0.6 is 23.1 Å². The number of nitrogens with one attached hydrogen (secondary N) is 1. The minimum Gasteiger partial charge on any atom is -0.462 e. The zero-order chi connectivity index (χ0) is 16.4. The Morgan fingerprint density at radius 1 is 1.33 bits per heavy atom. The number of amides is 1. The minimum absolute atomic E-state index is 0.0953. The molecule has 7 heteroatoms. The maximum atomic E-state index is 12.1. The fraction of sp³-hybridized carbons (Fsp3) is 0.353. The first-order chi connectivity index (χ1) is 11.8. The van der Waals surface area contributed by atoms with E-state index in [9.17, 15) is 4.79 Å². The highest BCUT2D eigenvalue weighted by Crippen LogP contribution is 2.30. The number of thiazole rings is 1. The SMILES string of the molecule is O=C1NC(=NC2CCCCC2)S/C1=C\c1csc(-c2ccco2)n1. The van der Waals surface area contributed by atoms with Crippen molar-refractivity contribution in [2.24, 2.45) is 4.99 Å². The van der Waals surface area contributed by atoms with Gasteiger partial charge in [0.25, 0.3) is 5.91 Å². The maximum Gasteiger partial charge on any atom is 0.264 e. The molecule has 2 aliphatic rings. The van der Waals surface area contributed by atoms with E-state index in [1.165, 1.54) is 42.4 Å². The molecule has 1 aliphatic heterocycles. The van der Waals surface area contributed by atoms with Crippen molar-refractivity contribution in [3.8, 4) is 10.8 Å². The molecular weight excluding hydrogens is 342 g/mol. The molecule has 0 unspecified atom stereocenters. The average Bonchev–Trinajstić information content (AvgIpc) is 3.31. The van der Waals surface area contributed by atoms with Crippen molar-refractivity contribution in [1.82, 2.24) is 10.3 Å². The van der Waals surface area contributed by atoms with Gasteiger partial charge < -0.3 is 9.73 Å². The molecule has 4 rings (SSSR count). The molecule has 2 fully saturated rings. The molecular formula is C17H17N3O2S2. The Bertz CT molecular complexity index is 787. The summed E-state index contributed by atoms with van der Waals surface area (Å²) in [4.78, 5) is 22.0. The summed E-state index contributed by atoms with van der Waals surface area (Å²) in [5.74, 6) is 0.648. The second kappa shape index (κ2) is 6.94. The van der Waals surface area contributed by atoms with Gasteiger partial charge in [-0.15, -0.1) is 11.3 Å². The molecule has 1 N–H and O–H groups in total. The second-order valence-electron chi connectivity index (χ2n) is 5.85. The molecule has 0 bridgehead atoms. The van der Waals surface area contributed by atoms with Crippen molar-refractivity contribution < 1.29 is 9.21 Å². The Balaban J connectivity index is 1.49. The summed E-state index contributed by atoms with van der Waals surface area (Å²) in [6.07, 6.45) is 9.45. The zero-order valence-electron chi connectivity index (χ0n) is 13.0. The highest BCUT2D eigenvalue weighted by Gasteiger charge is 2.25. The predicted molar refractivity (Wildman–Crippen MR) is 97.8 cm³/mol. The smallest absolute Gasteiger partial charge is 0.264 e. The quantitative estimate of drug-likeness (QED) is 0.830. The zero-order valence-corrected chi connectivity index (χ0v) is 14.7. The van der Waals surface area contributed by atoms with E-state index in [-0.39, 0.29) is 5.91 Å². The third-order valence-electron chi connectivity index (χ3n) is 4.06. The van der Waals surface area contributed by atoms with Crippen LogP contribution in [0.2, 0.25) is 0 Å². The Morgan fingerprint density at radius 3 is 3.00 bits per heavy atom. The predicted octanol–water partition coefficient (Wildman–Crippen LogP) is 4.30. The van der Waals surface area contributed by atoms with Gasteiger partial charge in [-0.2, -0.15) is 0 Å². The number of hydrogen-bond donors (Lipinski definition) is 1. The van der Waals surface area contributed by atoms with E-state index >= 15 is 0 Å². The van der Waals surface area contributed by atoms with Crippen molar-refractivity contribution in [3.63, 3.8) is 0 Å². The largest absolute Gasteiger partial charge is 0.462 e. The van der Waals surface area contributed by atoms with Gasteiger partial charge in [0.1, 0.15) is 0 Å². The van der Waals surface area contributed by atoms with Crippen molar-refractivity contribution in [1.29, 1.82) is 0 Å². The summed E-state index contributed by atoms with van der Waals surface area (Å²) in [6.45, 7) is 0. The van der Waals surface area contributed by atoms with E-state index < -0.39 is 0 Å². The molecule has 3 heterocycles. The fourth-order valence-corrected chi connectivity index (χ4v) is 4.49. The molecule has 124 valence electrons. The molecule has 0 spiro atoms. The van der Waals surface area contributed by atoms with Gasteiger partial charge in [0, 0.05) is 5.38 Å². The number of hydrogen-bond acceptors (Lipinski definition) is 6. The molecule has 24 heavy (non-hydrogen) atoms. The molecule has 5 nitrogen and oxygen atoms in total. The van der Waals surface area contributed by atoms with Crippen molar-refractivity contribution in [3.05, 3.63) is 34.4 Å². The molecule has 0 radical (unpaired) electrons. The molecule has 2 aromatic heterocycles. The van der Waals surface area contributed by atoms with Gasteiger partial charge in [-0.3, -0.25) is 9.79 Å². The summed E-state index contributed by atoms with van der Waals surface area (Å²) in [6, 6.07) is 4.07. The summed E-state index contributed by atoms with van der Waals surface area (Å²) >= 11 is 2.91. The van der Waals surface area contributed by atoms with Gasteiger partial charge in [-0.25, -0.2) is 4.98 Å². The first kappa shape index (κ1) is 15.7. The Labute approximate surface area is 148 Å². The number of furan rings is 1. The van der Waals surface area contributed by atoms with Gasteiger partial charge >= 0.3 is 0 Å². The lowest BCUT2D eigenvalue weighted by Gasteiger charge is -2.17. The normalized spacial score (nSPS) is 22.4. The summed E-state index contributed by atoms with van der Waals surface area (Å²) < 4.78 is 5.35. The minimum atomic E-state index is -0.0953. The van der Waals surface area contributed by atoms with Crippen LogP contribution in [0.1, 0.15) is 37.8 Å². The average molecular weight is 359 g/mol. The van der Waals surface area contributed by atoms with Crippen LogP contribution in [-0.4, -0.2) is 22.1 Å². The van der Waals surface area contributed by atoms with E-state index in [0.29, 0.717) is 10.9 Å². The maximum absolute atomic E-state index is 12.1. The highest BCUT2D eigenvalue weighted by molar-refractivity contribution is 8.18. The van der Waals surface area contributed by atoms with E-state index in [2.05, 4.69) is 10.3 Å². The number of rotatable bonds is 3. The Kier molecular flexibility index (Phi) is 4.53.